The van der Waals surface area contributed by atoms with Gasteiger partial charge in [0.2, 0.25) is 5.91 Å². The molecule has 3 N–H and O–H groups in total. The third-order valence-corrected chi connectivity index (χ3v) is 8.21. The smallest absolute Gasteiger partial charge is 0.418 e. The van der Waals surface area contributed by atoms with Crippen LogP contribution < -0.4 is 25.4 Å². The lowest BCUT2D eigenvalue weighted by Crippen LogP contribution is -2.25. The highest BCUT2D eigenvalue weighted by Crippen LogP contribution is 2.35. The molecule has 4 aromatic carbocycles. The van der Waals surface area contributed by atoms with Gasteiger partial charge in [-0.25, -0.2) is 9.78 Å². The molecule has 1 aromatic heterocycles. The molecule has 4 amide bonds. The average Bonchev–Trinajstić information content (AvgIpc) is 3.52. The fraction of sp³-hybridized carbons (Fsp3) is 0.152. The van der Waals surface area contributed by atoms with Gasteiger partial charge in [-0.15, -0.1) is 0 Å². The summed E-state index contributed by atoms with van der Waals surface area (Å²) >= 11 is 0.992. The van der Waals surface area contributed by atoms with Gasteiger partial charge >= 0.3 is 12.2 Å². The van der Waals surface area contributed by atoms with Gasteiger partial charge in [0.25, 0.3) is 5.24 Å². The van der Waals surface area contributed by atoms with Crippen LogP contribution in [0.15, 0.2) is 91.0 Å². The van der Waals surface area contributed by atoms with Crippen LogP contribution in [0.25, 0.3) is 11.0 Å². The number of hydrogen-bond donors (Lipinski definition) is 3. The van der Waals surface area contributed by atoms with E-state index in [1.807, 2.05) is 29.8 Å². The molecule has 14 heteroatoms. The minimum absolute atomic E-state index is 0.194. The molecule has 1 saturated heterocycles. The number of fused-ring (bicyclic) bond motifs is 1. The second kappa shape index (κ2) is 13.1. The normalized spacial score (nSPS) is 14.6. The zero-order chi connectivity index (χ0) is 33.1. The summed E-state index contributed by atoms with van der Waals surface area (Å²) in [6.45, 7) is 0.194. The van der Waals surface area contributed by atoms with Gasteiger partial charge in [0, 0.05) is 24.9 Å². The van der Waals surface area contributed by atoms with Crippen molar-refractivity contribution in [3.8, 4) is 17.2 Å². The Hall–Kier alpha value is -5.50. The summed E-state index contributed by atoms with van der Waals surface area (Å²) in [5, 5.41) is 6.30. The van der Waals surface area contributed by atoms with E-state index in [1.165, 1.54) is 18.2 Å². The van der Waals surface area contributed by atoms with Gasteiger partial charge in [0.1, 0.15) is 29.7 Å². The first-order valence-electron chi connectivity index (χ1n) is 14.2. The minimum atomic E-state index is -4.62. The number of carbonyl (C=O) groups excluding carboxylic acids is 3. The molecular formula is C33H26F3N5O5S. The highest BCUT2D eigenvalue weighted by molar-refractivity contribution is 8.15. The molecule has 47 heavy (non-hydrogen) atoms. The predicted molar refractivity (Wildman–Crippen MR) is 171 cm³/mol. The van der Waals surface area contributed by atoms with Gasteiger partial charge in [-0.2, -0.15) is 13.2 Å². The zero-order valence-electron chi connectivity index (χ0n) is 24.6. The molecule has 6 rings (SSSR count). The van der Waals surface area contributed by atoms with Crippen LogP contribution in [-0.2, 0) is 31.0 Å². The standard InChI is InChI=1S/C33H26F3N5O5S/c1-41-27-17-23(46-22-6-4-5-20(16-22)37-31(43)39-25-8-3-2-7-24(25)33(34,35)36)13-14-26(27)38-29(41)18-45-21-11-9-19(10-12-21)15-28-30(42)40-32(44)47-28/h2-14,16-17,28H,15,18H2,1H3,(H2,37,39,43)(H,40,42,44). The summed E-state index contributed by atoms with van der Waals surface area (Å²) in [6.07, 6.45) is -4.18. The van der Waals surface area contributed by atoms with Crippen molar-refractivity contribution in [3.63, 3.8) is 0 Å². The number of nitrogens with zero attached hydrogens (tertiary/aromatic N) is 2. The summed E-state index contributed by atoms with van der Waals surface area (Å²) in [7, 11) is 1.85. The second-order valence-corrected chi connectivity index (χ2v) is 11.7. The first kappa shape index (κ1) is 31.5. The first-order valence-corrected chi connectivity index (χ1v) is 15.1. The zero-order valence-corrected chi connectivity index (χ0v) is 25.4. The summed E-state index contributed by atoms with van der Waals surface area (Å²) < 4.78 is 53.7. The lowest BCUT2D eigenvalue weighted by atomic mass is 10.1. The van der Waals surface area contributed by atoms with E-state index in [4.69, 9.17) is 9.47 Å². The maximum atomic E-state index is 13.3. The van der Waals surface area contributed by atoms with Gasteiger partial charge in [-0.1, -0.05) is 42.1 Å². The quantitative estimate of drug-likeness (QED) is 0.149. The van der Waals surface area contributed by atoms with Crippen molar-refractivity contribution >= 4 is 51.3 Å². The number of hydrogen-bond acceptors (Lipinski definition) is 7. The number of aryl methyl sites for hydroxylation is 1. The number of benzene rings is 4. The van der Waals surface area contributed by atoms with E-state index < -0.39 is 23.0 Å². The number of para-hydroxylation sites is 1. The molecular weight excluding hydrogens is 635 g/mol. The van der Waals surface area contributed by atoms with E-state index in [9.17, 15) is 27.6 Å². The molecule has 0 saturated carbocycles. The Morgan fingerprint density at radius 2 is 1.68 bits per heavy atom. The van der Waals surface area contributed by atoms with E-state index in [0.29, 0.717) is 35.2 Å². The van der Waals surface area contributed by atoms with Gasteiger partial charge in [0.15, 0.2) is 0 Å². The number of imide groups is 1. The number of carbonyl (C=O) groups is 3. The third-order valence-electron chi connectivity index (χ3n) is 7.23. The Balaban J connectivity index is 1.07. The number of thioether (sulfide) groups is 1. The average molecular weight is 662 g/mol. The maximum absolute atomic E-state index is 13.3. The Bertz CT molecular complexity index is 1980. The molecule has 1 fully saturated rings. The summed E-state index contributed by atoms with van der Waals surface area (Å²) in [5.41, 5.74) is 1.43. The van der Waals surface area contributed by atoms with Crippen molar-refractivity contribution < 1.29 is 37.0 Å². The molecule has 1 aliphatic rings. The molecule has 2 heterocycles. The number of halogens is 3. The number of aromatic nitrogens is 2. The van der Waals surface area contributed by atoms with E-state index in [1.54, 1.807) is 48.5 Å². The first-order chi connectivity index (χ1) is 22.5. The fourth-order valence-electron chi connectivity index (χ4n) is 4.92. The molecule has 0 radical (unpaired) electrons. The molecule has 1 aliphatic heterocycles. The van der Waals surface area contributed by atoms with Crippen molar-refractivity contribution in [1.29, 1.82) is 0 Å². The minimum Gasteiger partial charge on any atom is -0.486 e. The van der Waals surface area contributed by atoms with Crippen molar-refractivity contribution in [2.24, 2.45) is 7.05 Å². The highest BCUT2D eigenvalue weighted by atomic mass is 32.2. The predicted octanol–water partition coefficient (Wildman–Crippen LogP) is 7.50. The van der Waals surface area contributed by atoms with Crippen molar-refractivity contribution in [1.82, 2.24) is 14.9 Å². The fourth-order valence-corrected chi connectivity index (χ4v) is 5.78. The van der Waals surface area contributed by atoms with Crippen LogP contribution in [0, 0.1) is 0 Å². The lowest BCUT2D eigenvalue weighted by molar-refractivity contribution is -0.137. The molecule has 240 valence electrons. The molecule has 5 aromatic rings. The van der Waals surface area contributed by atoms with Crippen LogP contribution in [0.5, 0.6) is 17.2 Å². The number of anilines is 2. The van der Waals surface area contributed by atoms with Crippen molar-refractivity contribution in [2.75, 3.05) is 10.6 Å². The summed E-state index contributed by atoms with van der Waals surface area (Å²) in [4.78, 5) is 40.4. The number of amides is 4. The lowest BCUT2D eigenvalue weighted by Gasteiger charge is -2.14. The van der Waals surface area contributed by atoms with Crippen molar-refractivity contribution in [3.05, 3.63) is 108 Å². The van der Waals surface area contributed by atoms with Crippen LogP contribution in [0.2, 0.25) is 0 Å². The molecule has 0 aliphatic carbocycles. The Kier molecular flexibility index (Phi) is 8.76. The highest BCUT2D eigenvalue weighted by Gasteiger charge is 2.34. The number of urea groups is 1. The Morgan fingerprint density at radius 3 is 2.43 bits per heavy atom. The largest absolute Gasteiger partial charge is 0.486 e. The van der Waals surface area contributed by atoms with E-state index in [0.717, 1.165) is 34.4 Å². The van der Waals surface area contributed by atoms with Crippen LogP contribution in [0.1, 0.15) is 17.0 Å². The maximum Gasteiger partial charge on any atom is 0.418 e. The van der Waals surface area contributed by atoms with Crippen LogP contribution in [0.4, 0.5) is 34.1 Å². The Labute approximate surface area is 270 Å². The number of rotatable bonds is 9. The second-order valence-electron chi connectivity index (χ2n) is 10.5. The summed E-state index contributed by atoms with van der Waals surface area (Å²) in [6, 6.07) is 23.0. The van der Waals surface area contributed by atoms with E-state index in [-0.39, 0.29) is 23.4 Å². The third kappa shape index (κ3) is 7.49. The van der Waals surface area contributed by atoms with Gasteiger partial charge in [0.05, 0.1) is 27.5 Å². The van der Waals surface area contributed by atoms with Crippen LogP contribution >= 0.6 is 11.8 Å². The molecule has 0 bridgehead atoms. The van der Waals surface area contributed by atoms with E-state index >= 15 is 0 Å². The van der Waals surface area contributed by atoms with Gasteiger partial charge in [-0.3, -0.25) is 14.9 Å². The monoisotopic (exact) mass is 661 g/mol. The molecule has 1 unspecified atom stereocenters. The molecule has 0 spiro atoms. The number of alkyl halides is 3. The number of ether oxygens (including phenoxy) is 2. The van der Waals surface area contributed by atoms with Crippen LogP contribution in [0.3, 0.4) is 0 Å². The Morgan fingerprint density at radius 1 is 0.936 bits per heavy atom. The van der Waals surface area contributed by atoms with Gasteiger partial charge < -0.3 is 24.7 Å². The van der Waals surface area contributed by atoms with Gasteiger partial charge in [-0.05, 0) is 60.5 Å². The molecule has 10 nitrogen and oxygen atoms in total. The van der Waals surface area contributed by atoms with Crippen LogP contribution in [-0.4, -0.2) is 32.0 Å². The summed E-state index contributed by atoms with van der Waals surface area (Å²) in [5.74, 6) is 1.91. The SMILES string of the molecule is Cn1c(COc2ccc(CC3SC(=O)NC3=O)cc2)nc2ccc(Oc3cccc(NC(=O)Nc4ccccc4C(F)(F)F)c3)cc21. The van der Waals surface area contributed by atoms with E-state index in [2.05, 4.69) is 20.9 Å². The number of imidazole rings is 1. The van der Waals surface area contributed by atoms with Crippen molar-refractivity contribution in [2.45, 2.75) is 24.5 Å². The number of nitrogens with one attached hydrogen (secondary N) is 3. The topological polar surface area (TPSA) is 124 Å². The molecule has 1 atom stereocenters.